The topological polar surface area (TPSA) is 60.9 Å². The standard InChI is InChI=1S/C63H53N3O3.C2H6/c1-9-12-14-20-43-35-65-60(64(43)8)51-24-21-37(5)45-28-30-47(57-44(36(4)11-3)27-29-48(58(45)57)41-23-26-52(62(65)68)55(51)34-41)40-22-25-49-50-31-32-53-56(59(50)46(17-10-2)38(6)54(49)33-40)39(7)61(67)66(63(53)69)42-18-15-13-16-19-42;1-2/h9-35,38-39,60H,2H2,1,3-8H3;1-2H3/b12-9-,20-14-,36-11+,37-21?,46-17-,51-24?;. The van der Waals surface area contributed by atoms with E-state index in [1.54, 1.807) is 0 Å². The van der Waals surface area contributed by atoms with Crippen molar-refractivity contribution in [1.29, 1.82) is 0 Å². The van der Waals surface area contributed by atoms with Crippen LogP contribution in [0.25, 0.3) is 65.7 Å². The average Bonchev–Trinajstić information content (AvgIpc) is 3.73. The Morgan fingerprint density at radius 3 is 2.14 bits per heavy atom. The molecule has 7 aromatic rings. The summed E-state index contributed by atoms with van der Waals surface area (Å²) in [7, 11) is 2.06. The van der Waals surface area contributed by atoms with Gasteiger partial charge >= 0.3 is 0 Å². The van der Waals surface area contributed by atoms with Gasteiger partial charge < -0.3 is 4.90 Å². The molecule has 3 unspecified atom stereocenters. The number of likely N-dealkylation sites (N-methyl/N-ethyl adjacent to an activating group) is 1. The fourth-order valence-electron chi connectivity index (χ4n) is 11.5. The number of hydrogen-bond acceptors (Lipinski definition) is 4. The predicted molar refractivity (Wildman–Crippen MR) is 296 cm³/mol. The van der Waals surface area contributed by atoms with Crippen LogP contribution in [-0.2, 0) is 4.79 Å². The third-order valence-corrected chi connectivity index (χ3v) is 15.1. The van der Waals surface area contributed by atoms with Crippen LogP contribution >= 0.6 is 0 Å². The number of hydrogen-bond donors (Lipinski definition) is 0. The lowest BCUT2D eigenvalue weighted by Crippen LogP contribution is -2.45. The molecular weight excluding hydrogens is 871 g/mol. The van der Waals surface area contributed by atoms with Crippen LogP contribution in [0.5, 0.6) is 0 Å². The van der Waals surface area contributed by atoms with Gasteiger partial charge in [0.15, 0.2) is 0 Å². The van der Waals surface area contributed by atoms with Crippen molar-refractivity contribution in [2.75, 3.05) is 11.9 Å². The molecule has 71 heavy (non-hydrogen) atoms. The molecule has 0 radical (unpaired) electrons. The largest absolute Gasteiger partial charge is 0.349 e. The van der Waals surface area contributed by atoms with E-state index in [2.05, 4.69) is 137 Å². The van der Waals surface area contributed by atoms with Gasteiger partial charge in [0.05, 0.1) is 17.3 Å². The molecule has 4 aliphatic rings. The molecule has 3 amide bonds. The Hall–Kier alpha value is -8.09. The van der Waals surface area contributed by atoms with Crippen LogP contribution in [0.3, 0.4) is 0 Å². The molecule has 3 aliphatic heterocycles. The summed E-state index contributed by atoms with van der Waals surface area (Å²) < 4.78 is 0. The second-order valence-electron chi connectivity index (χ2n) is 18.8. The second kappa shape index (κ2) is 18.3. The monoisotopic (exact) mass is 929 g/mol. The fraction of sp³-hybridized carbons (Fsp3) is 0.185. The number of carbonyl (C=O) groups excluding carboxylic acids is 3. The maximum absolute atomic E-state index is 14.3. The minimum atomic E-state index is -0.545. The van der Waals surface area contributed by atoms with Crippen molar-refractivity contribution in [2.45, 2.75) is 73.4 Å². The van der Waals surface area contributed by atoms with Crippen molar-refractivity contribution >= 4 is 66.9 Å². The van der Waals surface area contributed by atoms with Crippen molar-refractivity contribution < 1.29 is 14.4 Å². The summed E-state index contributed by atoms with van der Waals surface area (Å²) in [6.45, 7) is 20.7. The molecule has 352 valence electrons. The number of nitrogens with zero attached hydrogens (tertiary/aromatic N) is 3. The minimum Gasteiger partial charge on any atom is -0.349 e. The van der Waals surface area contributed by atoms with Gasteiger partial charge in [-0.3, -0.25) is 19.3 Å². The lowest BCUT2D eigenvalue weighted by Gasteiger charge is -2.37. The quantitative estimate of drug-likeness (QED) is 0.123. The number of anilines is 1. The molecule has 0 aromatic heterocycles. The van der Waals surface area contributed by atoms with Crippen LogP contribution in [0.4, 0.5) is 5.69 Å². The third kappa shape index (κ3) is 7.18. The van der Waals surface area contributed by atoms with E-state index < -0.39 is 5.92 Å². The first-order chi connectivity index (χ1) is 34.5. The highest BCUT2D eigenvalue weighted by atomic mass is 16.2. The highest BCUT2D eigenvalue weighted by Gasteiger charge is 2.42. The Morgan fingerprint density at radius 1 is 0.676 bits per heavy atom. The first-order valence-electron chi connectivity index (χ1n) is 24.9. The van der Waals surface area contributed by atoms with Crippen molar-refractivity contribution in [1.82, 2.24) is 9.80 Å². The average molecular weight is 930 g/mol. The van der Waals surface area contributed by atoms with Crippen molar-refractivity contribution in [3.05, 3.63) is 221 Å². The number of rotatable bonds is 6. The molecule has 7 aromatic carbocycles. The van der Waals surface area contributed by atoms with Crippen molar-refractivity contribution in [3.63, 3.8) is 0 Å². The zero-order valence-corrected chi connectivity index (χ0v) is 42.1. The second-order valence-corrected chi connectivity index (χ2v) is 18.8. The Labute approximate surface area is 417 Å². The first-order valence-corrected chi connectivity index (χ1v) is 24.9. The lowest BCUT2D eigenvalue weighted by molar-refractivity contribution is -0.119. The summed E-state index contributed by atoms with van der Waals surface area (Å²) in [5.41, 5.74) is 15.6. The van der Waals surface area contributed by atoms with Crippen LogP contribution in [0.1, 0.15) is 121 Å². The third-order valence-electron chi connectivity index (χ3n) is 15.1. The van der Waals surface area contributed by atoms with Gasteiger partial charge in [0.2, 0.25) is 5.91 Å². The normalized spacial score (nSPS) is 18.8. The molecule has 1 aliphatic carbocycles. The van der Waals surface area contributed by atoms with E-state index in [9.17, 15) is 14.4 Å². The van der Waals surface area contributed by atoms with Crippen LogP contribution in [0, 0.1) is 6.92 Å². The van der Waals surface area contributed by atoms with Crippen molar-refractivity contribution in [2.24, 2.45) is 0 Å². The molecule has 11 rings (SSSR count). The number of fused-ring (bicyclic) bond motifs is 9. The van der Waals surface area contributed by atoms with Gasteiger partial charge in [0, 0.05) is 35.9 Å². The molecule has 0 N–H and O–H groups in total. The Bertz CT molecular complexity index is 3640. The van der Waals surface area contributed by atoms with E-state index in [0.29, 0.717) is 16.8 Å². The molecule has 0 spiro atoms. The smallest absolute Gasteiger partial charge is 0.265 e. The number of allylic oxidation sites excluding steroid dienone is 9. The summed E-state index contributed by atoms with van der Waals surface area (Å²) in [6.07, 6.45) is 15.8. The SMILES string of the molecule is C=C/C=C1\c2c(ccc3c2C(C)C(=O)N(c2ccccc2)C3=O)-c2ccc(-c3ccc4c(C)ccc5c6cc(ccc6C(=O)N6C=C(/C=C\C=C/C)N(C)C56)c5ccc(/C(C)=C/C)c3c45)cc2C1C.CC. The maximum atomic E-state index is 14.3. The van der Waals surface area contributed by atoms with E-state index >= 15 is 0 Å². The van der Waals surface area contributed by atoms with Crippen LogP contribution in [-0.4, -0.2) is 34.6 Å². The van der Waals surface area contributed by atoms with Crippen molar-refractivity contribution in [3.8, 4) is 22.3 Å². The highest BCUT2D eigenvalue weighted by molar-refractivity contribution is 6.27. The molecule has 2 bridgehead atoms. The number of aryl methyl sites for hydroxylation is 1. The molecule has 0 fully saturated rings. The summed E-state index contributed by atoms with van der Waals surface area (Å²) >= 11 is 0. The van der Waals surface area contributed by atoms with Gasteiger partial charge in [-0.25, -0.2) is 4.90 Å². The number of imide groups is 1. The molecule has 3 heterocycles. The molecule has 6 nitrogen and oxygen atoms in total. The van der Waals surface area contributed by atoms with E-state index in [4.69, 9.17) is 0 Å². The Kier molecular flexibility index (Phi) is 12.0. The van der Waals surface area contributed by atoms with Gasteiger partial charge in [0.1, 0.15) is 6.17 Å². The number of para-hydroxylation sites is 1. The fourth-order valence-corrected chi connectivity index (χ4v) is 11.5. The van der Waals surface area contributed by atoms with E-state index in [-0.39, 0.29) is 29.8 Å². The van der Waals surface area contributed by atoms with Gasteiger partial charge in [-0.2, -0.15) is 0 Å². The molecule has 6 heteroatoms. The molecule has 0 saturated heterocycles. The highest BCUT2D eigenvalue weighted by Crippen LogP contribution is 2.53. The summed E-state index contributed by atoms with van der Waals surface area (Å²) in [4.78, 5) is 48.2. The van der Waals surface area contributed by atoms with E-state index in [1.165, 1.54) is 26.8 Å². The van der Waals surface area contributed by atoms with E-state index in [0.717, 1.165) is 82.9 Å². The summed E-state index contributed by atoms with van der Waals surface area (Å²) in [6, 6.07) is 39.9. The zero-order valence-electron chi connectivity index (χ0n) is 42.1. The summed E-state index contributed by atoms with van der Waals surface area (Å²) in [5, 5.41) is 6.61. The molecule has 3 atom stereocenters. The molecular formula is C65H59N3O3. The minimum absolute atomic E-state index is 0.00827. The van der Waals surface area contributed by atoms with Gasteiger partial charge in [-0.15, -0.1) is 0 Å². The number of amides is 3. The van der Waals surface area contributed by atoms with Crippen LogP contribution in [0.15, 0.2) is 176 Å². The maximum Gasteiger partial charge on any atom is 0.265 e. The van der Waals surface area contributed by atoms with E-state index in [1.807, 2.05) is 106 Å². The van der Waals surface area contributed by atoms with Crippen LogP contribution < -0.4 is 4.90 Å². The zero-order chi connectivity index (χ0) is 50.0. The Morgan fingerprint density at radius 2 is 1.39 bits per heavy atom. The van der Waals surface area contributed by atoms with Gasteiger partial charge in [-0.1, -0.05) is 143 Å². The van der Waals surface area contributed by atoms with Crippen LogP contribution in [0.2, 0.25) is 0 Å². The van der Waals surface area contributed by atoms with Gasteiger partial charge in [-0.05, 0) is 171 Å². The van der Waals surface area contributed by atoms with Gasteiger partial charge in [0.25, 0.3) is 11.8 Å². The molecule has 0 saturated carbocycles. The Balaban J connectivity index is 0.00000287. The predicted octanol–water partition coefficient (Wildman–Crippen LogP) is 16.2. The number of carbonyl (C=O) groups is 3. The number of benzene rings is 6. The summed E-state index contributed by atoms with van der Waals surface area (Å²) in [5.74, 6) is -1.17. The first kappa shape index (κ1) is 46.6. The lowest BCUT2D eigenvalue weighted by atomic mass is 9.70.